The standard InChI is InChI=1S/C9H8N2O3/c1-14-11-5-10-7-4-6(9(12)13)2-3-8(7)11/h2-5H,1H3,(H,12,13). The maximum absolute atomic E-state index is 10.7. The summed E-state index contributed by atoms with van der Waals surface area (Å²) < 4.78 is 1.47. The molecule has 14 heavy (non-hydrogen) atoms. The fourth-order valence-electron chi connectivity index (χ4n) is 1.27. The van der Waals surface area contributed by atoms with E-state index in [1.54, 1.807) is 6.07 Å². The molecule has 0 amide bonds. The summed E-state index contributed by atoms with van der Waals surface area (Å²) in [5.41, 5.74) is 1.57. The first-order valence-corrected chi connectivity index (χ1v) is 3.97. The van der Waals surface area contributed by atoms with Gasteiger partial charge in [0.15, 0.2) is 0 Å². The smallest absolute Gasteiger partial charge is 0.335 e. The van der Waals surface area contributed by atoms with Gasteiger partial charge in [-0.05, 0) is 18.2 Å². The second kappa shape index (κ2) is 3.02. The van der Waals surface area contributed by atoms with Gasteiger partial charge in [-0.1, -0.05) is 0 Å². The van der Waals surface area contributed by atoms with E-state index in [1.165, 1.54) is 30.3 Å². The molecule has 0 bridgehead atoms. The summed E-state index contributed by atoms with van der Waals surface area (Å²) >= 11 is 0. The van der Waals surface area contributed by atoms with E-state index >= 15 is 0 Å². The highest BCUT2D eigenvalue weighted by molar-refractivity contribution is 5.92. The van der Waals surface area contributed by atoms with Crippen molar-refractivity contribution in [3.8, 4) is 0 Å². The summed E-state index contributed by atoms with van der Waals surface area (Å²) in [6, 6.07) is 4.68. The Balaban J connectivity index is 2.63. The normalized spacial score (nSPS) is 10.4. The van der Waals surface area contributed by atoms with Crippen molar-refractivity contribution in [3.05, 3.63) is 30.1 Å². The Hall–Kier alpha value is -2.04. The molecule has 0 saturated carbocycles. The first kappa shape index (κ1) is 8.55. The molecule has 0 radical (unpaired) electrons. The number of imidazole rings is 1. The van der Waals surface area contributed by atoms with Gasteiger partial charge in [-0.25, -0.2) is 9.78 Å². The van der Waals surface area contributed by atoms with Crippen molar-refractivity contribution in [1.29, 1.82) is 0 Å². The van der Waals surface area contributed by atoms with Crippen molar-refractivity contribution in [1.82, 2.24) is 9.71 Å². The molecule has 1 N–H and O–H groups in total. The lowest BCUT2D eigenvalue weighted by molar-refractivity contribution is 0.0697. The van der Waals surface area contributed by atoms with Crippen LogP contribution >= 0.6 is 0 Å². The molecule has 5 nitrogen and oxygen atoms in total. The van der Waals surface area contributed by atoms with E-state index in [0.717, 1.165) is 5.52 Å². The Morgan fingerprint density at radius 3 is 3.00 bits per heavy atom. The van der Waals surface area contributed by atoms with Gasteiger partial charge >= 0.3 is 5.97 Å². The molecular weight excluding hydrogens is 184 g/mol. The van der Waals surface area contributed by atoms with Crippen LogP contribution in [0.1, 0.15) is 10.4 Å². The highest BCUT2D eigenvalue weighted by atomic mass is 16.6. The SMILES string of the molecule is COn1cnc2cc(C(=O)O)ccc21. The zero-order valence-electron chi connectivity index (χ0n) is 7.47. The van der Waals surface area contributed by atoms with Crippen LogP contribution in [0.5, 0.6) is 0 Å². The van der Waals surface area contributed by atoms with E-state index in [9.17, 15) is 4.79 Å². The van der Waals surface area contributed by atoms with Crippen LogP contribution in [0.15, 0.2) is 24.5 Å². The number of aromatic carboxylic acids is 1. The quantitative estimate of drug-likeness (QED) is 0.764. The van der Waals surface area contributed by atoms with Crippen LogP contribution in [-0.2, 0) is 0 Å². The van der Waals surface area contributed by atoms with Crippen LogP contribution in [0.25, 0.3) is 11.0 Å². The molecule has 72 valence electrons. The van der Waals surface area contributed by atoms with E-state index in [2.05, 4.69) is 4.98 Å². The van der Waals surface area contributed by atoms with Crippen LogP contribution in [0.2, 0.25) is 0 Å². The largest absolute Gasteiger partial charge is 0.478 e. The Labute approximate surface area is 79.5 Å². The Kier molecular flexibility index (Phi) is 1.85. The number of benzene rings is 1. The van der Waals surface area contributed by atoms with Crippen molar-refractivity contribution in [2.45, 2.75) is 0 Å². The molecule has 0 spiro atoms. The first-order chi connectivity index (χ1) is 6.72. The lowest BCUT2D eigenvalue weighted by atomic mass is 10.2. The third kappa shape index (κ3) is 1.19. The summed E-state index contributed by atoms with van der Waals surface area (Å²) in [5, 5.41) is 8.74. The minimum Gasteiger partial charge on any atom is -0.478 e. The first-order valence-electron chi connectivity index (χ1n) is 3.97. The summed E-state index contributed by atoms with van der Waals surface area (Å²) in [4.78, 5) is 19.6. The highest BCUT2D eigenvalue weighted by Crippen LogP contribution is 2.13. The van der Waals surface area contributed by atoms with Gasteiger partial charge in [-0.2, -0.15) is 4.73 Å². The number of fused-ring (bicyclic) bond motifs is 1. The zero-order valence-corrected chi connectivity index (χ0v) is 7.47. The van der Waals surface area contributed by atoms with Crippen LogP contribution in [-0.4, -0.2) is 27.9 Å². The predicted molar refractivity (Wildman–Crippen MR) is 49.2 cm³/mol. The summed E-state index contributed by atoms with van der Waals surface area (Å²) in [7, 11) is 1.52. The third-order valence-electron chi connectivity index (χ3n) is 1.96. The number of nitrogens with zero attached hydrogens (tertiary/aromatic N) is 2. The maximum atomic E-state index is 10.7. The van der Waals surface area contributed by atoms with Crippen LogP contribution in [0, 0.1) is 0 Å². The number of rotatable bonds is 2. The average molecular weight is 192 g/mol. The van der Waals surface area contributed by atoms with Gasteiger partial charge < -0.3 is 9.94 Å². The number of carbonyl (C=O) groups is 1. The average Bonchev–Trinajstić information content (AvgIpc) is 2.59. The number of carboxylic acid groups (broad SMARTS) is 1. The third-order valence-corrected chi connectivity index (χ3v) is 1.96. The van der Waals surface area contributed by atoms with Gasteiger partial charge in [0.1, 0.15) is 19.0 Å². The fourth-order valence-corrected chi connectivity index (χ4v) is 1.27. The predicted octanol–water partition coefficient (Wildman–Crippen LogP) is 0.793. The molecule has 5 heteroatoms. The lowest BCUT2D eigenvalue weighted by Gasteiger charge is -2.00. The molecule has 2 rings (SSSR count). The minimum atomic E-state index is -0.959. The van der Waals surface area contributed by atoms with Gasteiger partial charge in [0.05, 0.1) is 11.1 Å². The van der Waals surface area contributed by atoms with Gasteiger partial charge in [-0.3, -0.25) is 0 Å². The van der Waals surface area contributed by atoms with E-state index in [4.69, 9.17) is 9.94 Å². The molecular formula is C9H8N2O3. The maximum Gasteiger partial charge on any atom is 0.335 e. The Bertz CT molecular complexity index is 490. The zero-order chi connectivity index (χ0) is 10.1. The monoisotopic (exact) mass is 192 g/mol. The molecule has 0 unspecified atom stereocenters. The second-order valence-corrected chi connectivity index (χ2v) is 2.76. The highest BCUT2D eigenvalue weighted by Gasteiger charge is 2.07. The molecule has 1 aromatic carbocycles. The molecule has 2 aromatic rings. The van der Waals surface area contributed by atoms with Crippen LogP contribution < -0.4 is 4.84 Å². The van der Waals surface area contributed by atoms with Crippen molar-refractivity contribution < 1.29 is 14.7 Å². The second-order valence-electron chi connectivity index (χ2n) is 2.76. The van der Waals surface area contributed by atoms with E-state index in [0.29, 0.717) is 5.52 Å². The summed E-state index contributed by atoms with van der Waals surface area (Å²) in [6.07, 6.45) is 1.50. The molecule has 1 aromatic heterocycles. The molecule has 0 aliphatic rings. The molecule has 1 heterocycles. The van der Waals surface area contributed by atoms with Gasteiger partial charge in [-0.15, -0.1) is 0 Å². The van der Waals surface area contributed by atoms with Gasteiger partial charge in [0.2, 0.25) is 0 Å². The molecule has 0 atom stereocenters. The van der Waals surface area contributed by atoms with E-state index < -0.39 is 5.97 Å². The molecule has 0 saturated heterocycles. The lowest BCUT2D eigenvalue weighted by Crippen LogP contribution is -2.03. The number of hydrogen-bond donors (Lipinski definition) is 1. The molecule has 0 fully saturated rings. The topological polar surface area (TPSA) is 64.4 Å². The van der Waals surface area contributed by atoms with Gasteiger partial charge in [0.25, 0.3) is 0 Å². The van der Waals surface area contributed by atoms with Crippen LogP contribution in [0.3, 0.4) is 0 Å². The summed E-state index contributed by atoms with van der Waals surface area (Å²) in [5.74, 6) is -0.959. The molecule has 0 aliphatic carbocycles. The number of hydrogen-bond acceptors (Lipinski definition) is 3. The Morgan fingerprint density at radius 2 is 2.36 bits per heavy atom. The van der Waals surface area contributed by atoms with Crippen molar-refractivity contribution in [2.24, 2.45) is 0 Å². The Morgan fingerprint density at radius 1 is 1.57 bits per heavy atom. The van der Waals surface area contributed by atoms with Crippen molar-refractivity contribution >= 4 is 17.0 Å². The summed E-state index contributed by atoms with van der Waals surface area (Å²) in [6.45, 7) is 0. The van der Waals surface area contributed by atoms with E-state index in [1.807, 2.05) is 0 Å². The molecule has 0 aliphatic heterocycles. The fraction of sp³-hybridized carbons (Fsp3) is 0.111. The van der Waals surface area contributed by atoms with Crippen LogP contribution in [0.4, 0.5) is 0 Å². The van der Waals surface area contributed by atoms with Crippen molar-refractivity contribution in [2.75, 3.05) is 7.11 Å². The van der Waals surface area contributed by atoms with Gasteiger partial charge in [0, 0.05) is 0 Å². The minimum absolute atomic E-state index is 0.221. The van der Waals surface area contributed by atoms with Crippen molar-refractivity contribution in [3.63, 3.8) is 0 Å². The number of carboxylic acids is 1. The number of aromatic nitrogens is 2. The van der Waals surface area contributed by atoms with E-state index in [-0.39, 0.29) is 5.56 Å².